The molecular weight excluding hydrogens is 232 g/mol. The molecule has 0 aromatic rings. The molecule has 0 bridgehead atoms. The summed E-state index contributed by atoms with van der Waals surface area (Å²) in [7, 11) is 0. The summed E-state index contributed by atoms with van der Waals surface area (Å²) in [6, 6.07) is 0. The average molecular weight is 268 g/mol. The lowest BCUT2D eigenvalue weighted by molar-refractivity contribution is 0.282. The summed E-state index contributed by atoms with van der Waals surface area (Å²) >= 11 is 0. The number of hydrogen-bond donors (Lipinski definition) is 1. The Balaban J connectivity index is 3.01. The van der Waals surface area contributed by atoms with Gasteiger partial charge in [-0.3, -0.25) is 0 Å². The number of aliphatic hydroxyl groups excluding tert-OH is 1. The van der Waals surface area contributed by atoms with E-state index >= 15 is 0 Å². The highest BCUT2D eigenvalue weighted by atomic mass is 16.2. The van der Waals surface area contributed by atoms with Crippen molar-refractivity contribution in [3.8, 4) is 0 Å². The number of allylic oxidation sites excluding steroid dienone is 2. The van der Waals surface area contributed by atoms with Crippen LogP contribution in [0.1, 0.15) is 96.8 Å². The van der Waals surface area contributed by atoms with Gasteiger partial charge < -0.3 is 5.11 Å². The number of aliphatic hydroxyl groups is 1. The Labute approximate surface area is 121 Å². The first-order chi connectivity index (χ1) is 9.41. The molecule has 0 unspecified atom stereocenters. The molecule has 0 aliphatic heterocycles. The van der Waals surface area contributed by atoms with Crippen molar-refractivity contribution in [2.45, 2.75) is 96.8 Å². The molecule has 1 nitrogen and oxygen atoms in total. The van der Waals surface area contributed by atoms with Crippen LogP contribution in [0.3, 0.4) is 0 Å². The molecule has 0 radical (unpaired) electrons. The van der Waals surface area contributed by atoms with Crippen molar-refractivity contribution in [1.82, 2.24) is 0 Å². The highest BCUT2D eigenvalue weighted by Crippen LogP contribution is 2.09. The van der Waals surface area contributed by atoms with Gasteiger partial charge >= 0.3 is 0 Å². The van der Waals surface area contributed by atoms with Gasteiger partial charge in [-0.05, 0) is 32.1 Å². The Morgan fingerprint density at radius 1 is 0.579 bits per heavy atom. The van der Waals surface area contributed by atoms with Crippen LogP contribution in [0.5, 0.6) is 0 Å². The van der Waals surface area contributed by atoms with Gasteiger partial charge in [-0.25, -0.2) is 0 Å². The number of rotatable bonds is 15. The largest absolute Gasteiger partial charge is 0.396 e. The minimum absolute atomic E-state index is 0.359. The lowest BCUT2D eigenvalue weighted by Crippen LogP contribution is -1.83. The molecule has 1 heteroatoms. The van der Waals surface area contributed by atoms with Crippen LogP contribution in [0.25, 0.3) is 0 Å². The first kappa shape index (κ1) is 18.7. The van der Waals surface area contributed by atoms with Gasteiger partial charge in [0.25, 0.3) is 0 Å². The van der Waals surface area contributed by atoms with Crippen molar-refractivity contribution in [2.75, 3.05) is 6.61 Å². The Morgan fingerprint density at radius 2 is 1.00 bits per heavy atom. The second-order valence-electron chi connectivity index (χ2n) is 5.66. The lowest BCUT2D eigenvalue weighted by Gasteiger charge is -1.99. The van der Waals surface area contributed by atoms with E-state index in [0.29, 0.717) is 6.61 Å². The summed E-state index contributed by atoms with van der Waals surface area (Å²) in [4.78, 5) is 0. The van der Waals surface area contributed by atoms with E-state index < -0.39 is 0 Å². The molecule has 0 spiro atoms. The van der Waals surface area contributed by atoms with E-state index in [2.05, 4.69) is 19.1 Å². The molecule has 0 atom stereocenters. The van der Waals surface area contributed by atoms with Crippen LogP contribution >= 0.6 is 0 Å². The Kier molecular flexibility index (Phi) is 17.4. The summed E-state index contributed by atoms with van der Waals surface area (Å²) in [5.41, 5.74) is 0. The Morgan fingerprint density at radius 3 is 1.47 bits per heavy atom. The maximum Gasteiger partial charge on any atom is 0.0431 e. The minimum atomic E-state index is 0.359. The van der Waals surface area contributed by atoms with Crippen molar-refractivity contribution in [2.24, 2.45) is 0 Å². The summed E-state index contributed by atoms with van der Waals surface area (Å²) < 4.78 is 0. The molecule has 0 aromatic heterocycles. The van der Waals surface area contributed by atoms with Crippen molar-refractivity contribution < 1.29 is 5.11 Å². The van der Waals surface area contributed by atoms with Gasteiger partial charge in [0.1, 0.15) is 0 Å². The van der Waals surface area contributed by atoms with E-state index in [1.807, 2.05) is 0 Å². The second kappa shape index (κ2) is 17.7. The third kappa shape index (κ3) is 17.7. The van der Waals surface area contributed by atoms with Gasteiger partial charge in [0.15, 0.2) is 0 Å². The van der Waals surface area contributed by atoms with Crippen molar-refractivity contribution >= 4 is 0 Å². The van der Waals surface area contributed by atoms with Crippen molar-refractivity contribution in [1.29, 1.82) is 0 Å². The van der Waals surface area contributed by atoms with Gasteiger partial charge in [-0.15, -0.1) is 0 Å². The van der Waals surface area contributed by atoms with Gasteiger partial charge in [0.2, 0.25) is 0 Å². The normalized spacial score (nSPS) is 11.5. The molecule has 0 saturated heterocycles. The molecule has 114 valence electrons. The smallest absolute Gasteiger partial charge is 0.0431 e. The van der Waals surface area contributed by atoms with Crippen LogP contribution < -0.4 is 0 Å². The zero-order chi connectivity index (χ0) is 14.0. The first-order valence-electron chi connectivity index (χ1n) is 8.67. The summed E-state index contributed by atoms with van der Waals surface area (Å²) in [5, 5.41) is 8.66. The molecule has 1 N–H and O–H groups in total. The SMILES string of the molecule is CCCCCCCCCC=CCCCCCCCO. The molecule has 19 heavy (non-hydrogen) atoms. The summed E-state index contributed by atoms with van der Waals surface area (Å²) in [5.74, 6) is 0. The third-order valence-corrected chi connectivity index (χ3v) is 3.67. The molecule has 0 amide bonds. The van der Waals surface area contributed by atoms with Crippen molar-refractivity contribution in [3.05, 3.63) is 12.2 Å². The second-order valence-corrected chi connectivity index (χ2v) is 5.66. The molecular formula is C18H36O. The predicted molar refractivity (Wildman–Crippen MR) is 86.5 cm³/mol. The third-order valence-electron chi connectivity index (χ3n) is 3.67. The summed E-state index contributed by atoms with van der Waals surface area (Å²) in [6.07, 6.45) is 23.2. The lowest BCUT2D eigenvalue weighted by atomic mass is 10.1. The number of hydrogen-bond acceptors (Lipinski definition) is 1. The fraction of sp³-hybridized carbons (Fsp3) is 0.889. The zero-order valence-corrected chi connectivity index (χ0v) is 13.2. The molecule has 0 rings (SSSR count). The molecule has 0 heterocycles. The summed E-state index contributed by atoms with van der Waals surface area (Å²) in [6.45, 7) is 2.63. The number of unbranched alkanes of at least 4 members (excludes halogenated alkanes) is 12. The molecule has 0 aliphatic rings. The van der Waals surface area contributed by atoms with Gasteiger partial charge in [0, 0.05) is 6.61 Å². The van der Waals surface area contributed by atoms with Crippen molar-refractivity contribution in [3.63, 3.8) is 0 Å². The van der Waals surface area contributed by atoms with E-state index in [4.69, 9.17) is 5.11 Å². The van der Waals surface area contributed by atoms with Crippen LogP contribution in [0.15, 0.2) is 12.2 Å². The van der Waals surface area contributed by atoms with Crippen LogP contribution in [0.4, 0.5) is 0 Å². The molecule has 0 fully saturated rings. The van der Waals surface area contributed by atoms with Gasteiger partial charge in [-0.2, -0.15) is 0 Å². The quantitative estimate of drug-likeness (QED) is 0.284. The van der Waals surface area contributed by atoms with Crippen LogP contribution in [-0.4, -0.2) is 11.7 Å². The predicted octanol–water partition coefficient (Wildman–Crippen LogP) is 6.02. The van der Waals surface area contributed by atoms with Crippen LogP contribution in [0, 0.1) is 0 Å². The highest BCUT2D eigenvalue weighted by molar-refractivity contribution is 4.81. The van der Waals surface area contributed by atoms with Crippen LogP contribution in [0.2, 0.25) is 0 Å². The maximum absolute atomic E-state index is 8.66. The fourth-order valence-corrected chi connectivity index (χ4v) is 2.36. The maximum atomic E-state index is 8.66. The average Bonchev–Trinajstić information content (AvgIpc) is 2.43. The molecule has 0 aromatic carbocycles. The van der Waals surface area contributed by atoms with Crippen LogP contribution in [-0.2, 0) is 0 Å². The zero-order valence-electron chi connectivity index (χ0n) is 13.2. The molecule has 0 aliphatic carbocycles. The van der Waals surface area contributed by atoms with Gasteiger partial charge in [-0.1, -0.05) is 76.9 Å². The van der Waals surface area contributed by atoms with E-state index in [1.54, 1.807) is 0 Å². The molecule has 0 saturated carbocycles. The van der Waals surface area contributed by atoms with Gasteiger partial charge in [0.05, 0.1) is 0 Å². The monoisotopic (exact) mass is 268 g/mol. The highest BCUT2D eigenvalue weighted by Gasteiger charge is 1.90. The van der Waals surface area contributed by atoms with E-state index in [-0.39, 0.29) is 0 Å². The first-order valence-corrected chi connectivity index (χ1v) is 8.67. The Hall–Kier alpha value is -0.300. The minimum Gasteiger partial charge on any atom is -0.396 e. The van der Waals surface area contributed by atoms with E-state index in [0.717, 1.165) is 6.42 Å². The van der Waals surface area contributed by atoms with E-state index in [1.165, 1.54) is 83.5 Å². The topological polar surface area (TPSA) is 20.2 Å². The Bertz CT molecular complexity index is 175. The fourth-order valence-electron chi connectivity index (χ4n) is 2.36. The standard InChI is InChI=1S/C18H36O/c1-2-3-4-5-6-7-8-9-10-11-12-13-14-15-16-17-18-19/h10-11,19H,2-9,12-18H2,1H3. The van der Waals surface area contributed by atoms with E-state index in [9.17, 15) is 0 Å².